The van der Waals surface area contributed by atoms with Gasteiger partial charge in [-0.15, -0.1) is 0 Å². The van der Waals surface area contributed by atoms with E-state index in [2.05, 4.69) is 0 Å². The van der Waals surface area contributed by atoms with Crippen LogP contribution in [0.2, 0.25) is 0 Å². The number of halogens is 6. The van der Waals surface area contributed by atoms with Gasteiger partial charge in [0.1, 0.15) is 0 Å². The summed E-state index contributed by atoms with van der Waals surface area (Å²) in [5, 5.41) is 19.9. The first-order valence-electron chi connectivity index (χ1n) is 5.62. The molecule has 0 saturated heterocycles. The van der Waals surface area contributed by atoms with Crippen molar-refractivity contribution < 1.29 is 36.2 Å². The Kier molecular flexibility index (Phi) is 5.81. The van der Waals surface area contributed by atoms with E-state index in [-0.39, 0.29) is 24.3 Å². The van der Waals surface area contributed by atoms with Crippen molar-refractivity contribution >= 4 is 11.4 Å². The van der Waals surface area contributed by atoms with Crippen LogP contribution in [-0.4, -0.2) is 9.85 Å². The minimum absolute atomic E-state index is 0.132. The zero-order chi connectivity index (χ0) is 18.6. The van der Waals surface area contributed by atoms with Crippen LogP contribution < -0.4 is 0 Å². The molecule has 0 unspecified atom stereocenters. The number of nitro groups is 2. The topological polar surface area (TPSA) is 86.3 Å². The van der Waals surface area contributed by atoms with Gasteiger partial charge in [0.05, 0.1) is 22.0 Å². The lowest BCUT2D eigenvalue weighted by atomic mass is 10.3. The summed E-state index contributed by atoms with van der Waals surface area (Å²) >= 11 is 0. The molecule has 24 heavy (non-hydrogen) atoms. The predicted molar refractivity (Wildman–Crippen MR) is 65.9 cm³/mol. The molecule has 12 heteroatoms. The number of rotatable bonds is 2. The van der Waals surface area contributed by atoms with E-state index in [0.29, 0.717) is 0 Å². The molecule has 0 fully saturated rings. The molecule has 2 aromatic rings. The van der Waals surface area contributed by atoms with Crippen molar-refractivity contribution in [2.75, 3.05) is 0 Å². The molecule has 2 aromatic carbocycles. The molecule has 0 amide bonds. The highest BCUT2D eigenvalue weighted by atomic mass is 19.2. The summed E-state index contributed by atoms with van der Waals surface area (Å²) < 4.78 is 73.8. The summed E-state index contributed by atoms with van der Waals surface area (Å²) in [6, 6.07) is 0.663. The van der Waals surface area contributed by atoms with E-state index in [1.807, 2.05) is 0 Å². The SMILES string of the molecule is O=[N+]([O-])c1cc(F)c(F)cc1F.O=[N+]([O-])c1cc(F)c(F)cc1F. The van der Waals surface area contributed by atoms with Crippen LogP contribution in [0.25, 0.3) is 0 Å². The molecule has 0 aliphatic carbocycles. The van der Waals surface area contributed by atoms with Gasteiger partial charge >= 0.3 is 11.4 Å². The lowest BCUT2D eigenvalue weighted by Gasteiger charge is -1.94. The summed E-state index contributed by atoms with van der Waals surface area (Å²) in [6.45, 7) is 0. The molecule has 0 aliphatic rings. The second-order valence-corrected chi connectivity index (χ2v) is 3.95. The maximum Gasteiger partial charge on any atom is 0.307 e. The first kappa shape index (κ1) is 18.9. The molecule has 0 bridgehead atoms. The molecule has 0 spiro atoms. The normalized spacial score (nSPS) is 9.92. The third kappa shape index (κ3) is 4.41. The van der Waals surface area contributed by atoms with Crippen molar-refractivity contribution in [3.63, 3.8) is 0 Å². The van der Waals surface area contributed by atoms with E-state index in [1.165, 1.54) is 0 Å². The molecule has 0 aromatic heterocycles. The summed E-state index contributed by atoms with van der Waals surface area (Å²) in [4.78, 5) is 17.7. The first-order valence-corrected chi connectivity index (χ1v) is 5.62. The standard InChI is InChI=1S/2C6H2F3NO2/c2*7-3-1-5(9)6(10(11)12)2-4(3)8/h2*1-2H. The highest BCUT2D eigenvalue weighted by Gasteiger charge is 2.18. The van der Waals surface area contributed by atoms with E-state index in [9.17, 15) is 46.6 Å². The fourth-order valence-corrected chi connectivity index (χ4v) is 1.30. The Morgan fingerprint density at radius 1 is 0.542 bits per heavy atom. The summed E-state index contributed by atoms with van der Waals surface area (Å²) in [5.41, 5.74) is -2.15. The second-order valence-electron chi connectivity index (χ2n) is 3.95. The Bertz CT molecular complexity index is 747. The third-order valence-corrected chi connectivity index (χ3v) is 2.37. The van der Waals surface area contributed by atoms with Crippen LogP contribution in [0.1, 0.15) is 0 Å². The van der Waals surface area contributed by atoms with Crippen LogP contribution in [0.15, 0.2) is 24.3 Å². The molecule has 0 heterocycles. The lowest BCUT2D eigenvalue weighted by molar-refractivity contribution is -0.387. The van der Waals surface area contributed by atoms with E-state index < -0.39 is 56.1 Å². The largest absolute Gasteiger partial charge is 0.307 e. The van der Waals surface area contributed by atoms with Crippen LogP contribution in [0, 0.1) is 55.1 Å². The molecule has 0 radical (unpaired) electrons. The third-order valence-electron chi connectivity index (χ3n) is 2.37. The molecular formula is C12H4F6N2O4. The number of nitrogens with zero attached hydrogens (tertiary/aromatic N) is 2. The van der Waals surface area contributed by atoms with Crippen molar-refractivity contribution in [1.82, 2.24) is 0 Å². The Labute approximate surface area is 128 Å². The lowest BCUT2D eigenvalue weighted by Crippen LogP contribution is -1.95. The van der Waals surface area contributed by atoms with E-state index in [1.54, 1.807) is 0 Å². The smallest absolute Gasteiger partial charge is 0.258 e. The molecule has 2 rings (SSSR count). The van der Waals surface area contributed by atoms with Gasteiger partial charge in [-0.25, -0.2) is 17.6 Å². The monoisotopic (exact) mass is 354 g/mol. The Morgan fingerprint density at radius 3 is 1.04 bits per heavy atom. The zero-order valence-corrected chi connectivity index (χ0v) is 11.1. The molecule has 0 saturated carbocycles. The van der Waals surface area contributed by atoms with Gasteiger partial charge in [-0.3, -0.25) is 20.2 Å². The van der Waals surface area contributed by atoms with Crippen molar-refractivity contribution in [2.45, 2.75) is 0 Å². The minimum atomic E-state index is -1.45. The number of hydrogen-bond acceptors (Lipinski definition) is 4. The summed E-state index contributed by atoms with van der Waals surface area (Å²) in [7, 11) is 0. The number of nitro benzene ring substituents is 2. The van der Waals surface area contributed by atoms with Gasteiger partial charge < -0.3 is 0 Å². The first-order chi connectivity index (χ1) is 11.0. The number of hydrogen-bond donors (Lipinski definition) is 0. The Balaban J connectivity index is 0.000000240. The average molecular weight is 354 g/mol. The molecule has 6 nitrogen and oxygen atoms in total. The maximum absolute atomic E-state index is 12.4. The fourth-order valence-electron chi connectivity index (χ4n) is 1.30. The van der Waals surface area contributed by atoms with Crippen LogP contribution in [0.4, 0.5) is 37.7 Å². The second kappa shape index (κ2) is 7.39. The average Bonchev–Trinajstić information content (AvgIpc) is 2.46. The number of benzene rings is 2. The molecule has 0 atom stereocenters. The quantitative estimate of drug-likeness (QED) is 0.353. The van der Waals surface area contributed by atoms with Gasteiger partial charge in [0, 0.05) is 12.1 Å². The minimum Gasteiger partial charge on any atom is -0.258 e. The fraction of sp³-hybridized carbons (Fsp3) is 0. The van der Waals surface area contributed by atoms with Gasteiger partial charge in [-0.05, 0) is 0 Å². The summed E-state index contributed by atoms with van der Waals surface area (Å²) in [6.07, 6.45) is 0. The predicted octanol–water partition coefficient (Wildman–Crippen LogP) is 4.02. The Hall–Kier alpha value is -3.18. The highest BCUT2D eigenvalue weighted by Crippen LogP contribution is 2.20. The molecule has 0 N–H and O–H groups in total. The van der Waals surface area contributed by atoms with E-state index >= 15 is 0 Å². The van der Waals surface area contributed by atoms with Gasteiger partial charge in [-0.2, -0.15) is 8.78 Å². The molecule has 128 valence electrons. The van der Waals surface area contributed by atoms with Crippen molar-refractivity contribution in [3.05, 3.63) is 79.4 Å². The van der Waals surface area contributed by atoms with Crippen molar-refractivity contribution in [1.29, 1.82) is 0 Å². The molecular weight excluding hydrogens is 350 g/mol. The van der Waals surface area contributed by atoms with Gasteiger partial charge in [-0.1, -0.05) is 0 Å². The Morgan fingerprint density at radius 2 is 0.792 bits per heavy atom. The van der Waals surface area contributed by atoms with Gasteiger partial charge in [0.2, 0.25) is 11.6 Å². The van der Waals surface area contributed by atoms with Crippen LogP contribution >= 0.6 is 0 Å². The molecule has 0 aliphatic heterocycles. The highest BCUT2D eigenvalue weighted by molar-refractivity contribution is 5.33. The van der Waals surface area contributed by atoms with Gasteiger partial charge in [0.15, 0.2) is 23.3 Å². The van der Waals surface area contributed by atoms with Gasteiger partial charge in [0.25, 0.3) is 0 Å². The van der Waals surface area contributed by atoms with Crippen LogP contribution in [0.3, 0.4) is 0 Å². The van der Waals surface area contributed by atoms with Crippen LogP contribution in [-0.2, 0) is 0 Å². The maximum atomic E-state index is 12.4. The summed E-state index contributed by atoms with van der Waals surface area (Å²) in [5.74, 6) is -8.56. The van der Waals surface area contributed by atoms with Crippen LogP contribution in [0.5, 0.6) is 0 Å². The zero-order valence-electron chi connectivity index (χ0n) is 11.1. The van der Waals surface area contributed by atoms with Crippen molar-refractivity contribution in [3.8, 4) is 0 Å². The van der Waals surface area contributed by atoms with E-state index in [4.69, 9.17) is 0 Å². The van der Waals surface area contributed by atoms with E-state index in [0.717, 1.165) is 0 Å². The van der Waals surface area contributed by atoms with Crippen molar-refractivity contribution in [2.24, 2.45) is 0 Å².